The van der Waals surface area contributed by atoms with E-state index in [4.69, 9.17) is 17.3 Å². The lowest BCUT2D eigenvalue weighted by Crippen LogP contribution is -2.11. The van der Waals surface area contributed by atoms with Crippen molar-refractivity contribution in [2.75, 3.05) is 5.32 Å². The molecule has 3 N–H and O–H groups in total. The van der Waals surface area contributed by atoms with E-state index in [2.05, 4.69) is 15.5 Å². The second-order valence-electron chi connectivity index (χ2n) is 2.62. The van der Waals surface area contributed by atoms with Gasteiger partial charge >= 0.3 is 0 Å². The molecular formula is C8H9ClN4O. The van der Waals surface area contributed by atoms with E-state index in [1.807, 2.05) is 0 Å². The van der Waals surface area contributed by atoms with Crippen LogP contribution in [0.2, 0.25) is 5.15 Å². The van der Waals surface area contributed by atoms with E-state index in [1.165, 1.54) is 12.1 Å². The number of anilines is 1. The molecule has 1 heterocycles. The summed E-state index contributed by atoms with van der Waals surface area (Å²) < 4.78 is 0. The molecule has 0 aromatic carbocycles. The van der Waals surface area contributed by atoms with Gasteiger partial charge in [0, 0.05) is 11.8 Å². The summed E-state index contributed by atoms with van der Waals surface area (Å²) >= 11 is 5.51. The van der Waals surface area contributed by atoms with Crippen LogP contribution in [0.15, 0.2) is 23.9 Å². The minimum absolute atomic E-state index is 0.272. The quantitative estimate of drug-likeness (QED) is 0.715. The molecule has 1 aromatic heterocycles. The zero-order valence-corrected chi connectivity index (χ0v) is 8.25. The van der Waals surface area contributed by atoms with E-state index in [9.17, 15) is 4.79 Å². The highest BCUT2D eigenvalue weighted by molar-refractivity contribution is 6.29. The van der Waals surface area contributed by atoms with Gasteiger partial charge in [-0.2, -0.15) is 0 Å². The van der Waals surface area contributed by atoms with Crippen LogP contribution >= 0.6 is 11.6 Å². The molecule has 6 heteroatoms. The van der Waals surface area contributed by atoms with Gasteiger partial charge < -0.3 is 11.1 Å². The van der Waals surface area contributed by atoms with Crippen molar-refractivity contribution in [2.45, 2.75) is 6.92 Å². The number of halogens is 1. The summed E-state index contributed by atoms with van der Waals surface area (Å²) in [6.45, 7) is 1.62. The Morgan fingerprint density at radius 2 is 2.29 bits per heavy atom. The standard InChI is InChI=1S/C8H9ClN4O/c1-5(10)4-8(14)11-7-3-2-6(9)12-13-7/h2-4H,10H2,1H3,(H,11,13,14)/b5-4-. The SMILES string of the molecule is C/C(N)=C/C(=O)Nc1ccc(Cl)nn1. The van der Waals surface area contributed by atoms with Crippen molar-refractivity contribution < 1.29 is 4.79 Å². The second-order valence-corrected chi connectivity index (χ2v) is 3.01. The maximum atomic E-state index is 11.1. The lowest BCUT2D eigenvalue weighted by molar-refractivity contribution is -0.112. The molecule has 0 aliphatic rings. The van der Waals surface area contributed by atoms with Crippen LogP contribution in [0.5, 0.6) is 0 Å². The summed E-state index contributed by atoms with van der Waals surface area (Å²) in [5, 5.41) is 9.95. The lowest BCUT2D eigenvalue weighted by atomic mass is 10.4. The number of carbonyl (C=O) groups is 1. The average Bonchev–Trinajstić information content (AvgIpc) is 2.07. The van der Waals surface area contributed by atoms with Crippen LogP contribution in [0.3, 0.4) is 0 Å². The van der Waals surface area contributed by atoms with Gasteiger partial charge in [0.15, 0.2) is 11.0 Å². The number of rotatable bonds is 2. The van der Waals surface area contributed by atoms with Gasteiger partial charge in [0.25, 0.3) is 5.91 Å². The number of nitrogens with one attached hydrogen (secondary N) is 1. The third kappa shape index (κ3) is 3.40. The van der Waals surface area contributed by atoms with Gasteiger partial charge in [-0.15, -0.1) is 10.2 Å². The van der Waals surface area contributed by atoms with E-state index in [1.54, 1.807) is 13.0 Å². The van der Waals surface area contributed by atoms with E-state index in [-0.39, 0.29) is 11.1 Å². The molecule has 0 saturated carbocycles. The van der Waals surface area contributed by atoms with E-state index >= 15 is 0 Å². The Bertz CT molecular complexity index is 356. The Hall–Kier alpha value is -1.62. The number of allylic oxidation sites excluding steroid dienone is 1. The highest BCUT2D eigenvalue weighted by atomic mass is 35.5. The van der Waals surface area contributed by atoms with Crippen LogP contribution in [0.25, 0.3) is 0 Å². The molecule has 0 spiro atoms. The van der Waals surface area contributed by atoms with Crippen LogP contribution < -0.4 is 11.1 Å². The zero-order chi connectivity index (χ0) is 10.6. The summed E-state index contributed by atoms with van der Waals surface area (Å²) in [4.78, 5) is 11.1. The minimum atomic E-state index is -0.346. The van der Waals surface area contributed by atoms with Crippen LogP contribution in [-0.2, 0) is 4.79 Å². The number of nitrogens with two attached hydrogens (primary N) is 1. The summed E-state index contributed by atoms with van der Waals surface area (Å²) in [5.74, 6) is -0.0153. The predicted octanol–water partition coefficient (Wildman–Crippen LogP) is 0.931. The third-order valence-corrected chi connectivity index (χ3v) is 1.44. The summed E-state index contributed by atoms with van der Waals surface area (Å²) in [7, 11) is 0. The Morgan fingerprint density at radius 1 is 1.57 bits per heavy atom. The second kappa shape index (κ2) is 4.57. The van der Waals surface area contributed by atoms with Crippen LogP contribution in [0, 0.1) is 0 Å². The number of carbonyl (C=O) groups excluding carboxylic acids is 1. The first-order valence-corrected chi connectivity index (χ1v) is 4.19. The van der Waals surface area contributed by atoms with Crippen LogP contribution in [-0.4, -0.2) is 16.1 Å². The molecule has 74 valence electrons. The summed E-state index contributed by atoms with van der Waals surface area (Å²) in [6, 6.07) is 3.08. The number of hydrogen-bond acceptors (Lipinski definition) is 4. The third-order valence-electron chi connectivity index (χ3n) is 1.24. The van der Waals surface area contributed by atoms with Gasteiger partial charge in [-0.1, -0.05) is 11.6 Å². The predicted molar refractivity (Wildman–Crippen MR) is 53.6 cm³/mol. The highest BCUT2D eigenvalue weighted by Gasteiger charge is 1.99. The average molecular weight is 213 g/mol. The van der Waals surface area contributed by atoms with Crippen molar-refractivity contribution in [3.05, 3.63) is 29.1 Å². The molecule has 0 aliphatic carbocycles. The van der Waals surface area contributed by atoms with Gasteiger partial charge in [0.1, 0.15) is 0 Å². The van der Waals surface area contributed by atoms with Gasteiger partial charge in [0.2, 0.25) is 0 Å². The molecule has 0 bridgehead atoms. The fraction of sp³-hybridized carbons (Fsp3) is 0.125. The monoisotopic (exact) mass is 212 g/mol. The van der Waals surface area contributed by atoms with Crippen molar-refractivity contribution in [3.63, 3.8) is 0 Å². The minimum Gasteiger partial charge on any atom is -0.402 e. The van der Waals surface area contributed by atoms with Crippen LogP contribution in [0.4, 0.5) is 5.82 Å². The van der Waals surface area contributed by atoms with Gasteiger partial charge in [-0.05, 0) is 19.1 Å². The molecule has 1 amide bonds. The molecule has 1 rings (SSSR count). The van der Waals surface area contributed by atoms with E-state index in [0.717, 1.165) is 0 Å². The smallest absolute Gasteiger partial charge is 0.251 e. The molecule has 1 aromatic rings. The molecule has 0 atom stereocenters. The van der Waals surface area contributed by atoms with Gasteiger partial charge in [-0.25, -0.2) is 0 Å². The molecular weight excluding hydrogens is 204 g/mol. The van der Waals surface area contributed by atoms with Crippen molar-refractivity contribution in [3.8, 4) is 0 Å². The van der Waals surface area contributed by atoms with E-state index in [0.29, 0.717) is 11.5 Å². The fourth-order valence-electron chi connectivity index (χ4n) is 0.752. The molecule has 5 nitrogen and oxygen atoms in total. The van der Waals surface area contributed by atoms with Crippen molar-refractivity contribution in [2.24, 2.45) is 5.73 Å². The van der Waals surface area contributed by atoms with Gasteiger partial charge in [-0.3, -0.25) is 4.79 Å². The Kier molecular flexibility index (Phi) is 3.41. The largest absolute Gasteiger partial charge is 0.402 e. The molecule has 0 aliphatic heterocycles. The maximum absolute atomic E-state index is 11.1. The zero-order valence-electron chi connectivity index (χ0n) is 7.49. The fourth-order valence-corrected chi connectivity index (χ4v) is 0.853. The Morgan fingerprint density at radius 3 is 2.79 bits per heavy atom. The summed E-state index contributed by atoms with van der Waals surface area (Å²) in [5.41, 5.74) is 5.73. The first-order valence-electron chi connectivity index (χ1n) is 3.82. The van der Waals surface area contributed by atoms with Crippen LogP contribution in [0.1, 0.15) is 6.92 Å². The molecule has 14 heavy (non-hydrogen) atoms. The Labute approximate surface area is 86.0 Å². The molecule has 0 unspecified atom stereocenters. The molecule has 0 fully saturated rings. The van der Waals surface area contributed by atoms with Gasteiger partial charge in [0.05, 0.1) is 0 Å². The number of nitrogens with zero attached hydrogens (tertiary/aromatic N) is 2. The lowest BCUT2D eigenvalue weighted by Gasteiger charge is -1.99. The van der Waals surface area contributed by atoms with Crippen molar-refractivity contribution in [1.29, 1.82) is 0 Å². The summed E-state index contributed by atoms with van der Waals surface area (Å²) in [6.07, 6.45) is 1.26. The maximum Gasteiger partial charge on any atom is 0.251 e. The van der Waals surface area contributed by atoms with Crippen molar-refractivity contribution >= 4 is 23.3 Å². The molecule has 0 saturated heterocycles. The first-order chi connectivity index (χ1) is 6.58. The number of hydrogen-bond donors (Lipinski definition) is 2. The first kappa shape index (κ1) is 10.5. The van der Waals surface area contributed by atoms with E-state index < -0.39 is 0 Å². The highest BCUT2D eigenvalue weighted by Crippen LogP contribution is 2.05. The Balaban J connectivity index is 2.66. The number of aromatic nitrogens is 2. The number of amides is 1. The molecule has 0 radical (unpaired) electrons. The normalized spacial score (nSPS) is 11.1. The van der Waals surface area contributed by atoms with Crippen molar-refractivity contribution in [1.82, 2.24) is 10.2 Å². The topological polar surface area (TPSA) is 80.9 Å².